The molecule has 0 aliphatic heterocycles. The van der Waals surface area contributed by atoms with Crippen LogP contribution in [0.5, 0.6) is 5.75 Å². The highest BCUT2D eigenvalue weighted by molar-refractivity contribution is 6.32. The molecule has 1 aromatic carbocycles. The van der Waals surface area contributed by atoms with Crippen LogP contribution in [0.2, 0.25) is 0 Å². The van der Waals surface area contributed by atoms with E-state index in [-0.39, 0.29) is 0 Å². The molecule has 0 fully saturated rings. The van der Waals surface area contributed by atoms with Gasteiger partial charge in [0, 0.05) is 11.8 Å². The molecule has 2 aromatic rings. The number of ether oxygens (including phenoxy) is 1. The third kappa shape index (κ3) is 4.23. The lowest BCUT2D eigenvalue weighted by atomic mass is 9.91. The molecule has 0 unspecified atom stereocenters. The summed E-state index contributed by atoms with van der Waals surface area (Å²) in [5.41, 5.74) is 4.92. The van der Waals surface area contributed by atoms with E-state index in [0.717, 1.165) is 34.5 Å². The van der Waals surface area contributed by atoms with E-state index >= 15 is 0 Å². The van der Waals surface area contributed by atoms with Crippen LogP contribution in [0, 0.1) is 12.8 Å². The molecule has 0 amide bonds. The highest BCUT2D eigenvalue weighted by Crippen LogP contribution is 2.23. The van der Waals surface area contributed by atoms with Gasteiger partial charge in [0.25, 0.3) is 0 Å². The summed E-state index contributed by atoms with van der Waals surface area (Å²) >= 11 is 0. The second kappa shape index (κ2) is 7.30. The van der Waals surface area contributed by atoms with Crippen LogP contribution in [0.3, 0.4) is 0 Å². The van der Waals surface area contributed by atoms with Crippen LogP contribution in [0.15, 0.2) is 30.5 Å². The monoisotopic (exact) mass is 291 g/mol. The zero-order valence-electron chi connectivity index (χ0n) is 13.8. The highest BCUT2D eigenvalue weighted by Gasteiger charge is 2.04. The molecule has 0 aliphatic carbocycles. The maximum absolute atomic E-state index is 5.91. The van der Waals surface area contributed by atoms with Gasteiger partial charge >= 0.3 is 0 Å². The molecule has 0 saturated heterocycles. The molecular weight excluding hydrogens is 269 g/mol. The lowest BCUT2D eigenvalue weighted by molar-refractivity contribution is 0.411. The number of methoxy groups -OCH3 is 1. The number of benzene rings is 1. The topological polar surface area (TPSA) is 22.1 Å². The van der Waals surface area contributed by atoms with E-state index in [4.69, 9.17) is 12.6 Å². The van der Waals surface area contributed by atoms with E-state index in [2.05, 4.69) is 24.9 Å². The standard InChI is InChI=1S/C19H22BNO/c1-13(2)9-15-5-7-18(21-12-15)8-6-16-11-17(20)10-14(3)19(16)22-4/h5-8,10-13H,9H2,1-4H3. The van der Waals surface area contributed by atoms with Gasteiger partial charge < -0.3 is 4.74 Å². The molecule has 0 bridgehead atoms. The normalized spacial score (nSPS) is 11.3. The van der Waals surface area contributed by atoms with Crippen molar-refractivity contribution in [1.82, 2.24) is 4.98 Å². The molecule has 22 heavy (non-hydrogen) atoms. The smallest absolute Gasteiger partial charge is 0.128 e. The zero-order chi connectivity index (χ0) is 16.1. The Hall–Kier alpha value is -2.03. The van der Waals surface area contributed by atoms with E-state index < -0.39 is 0 Å². The average molecular weight is 291 g/mol. The fourth-order valence-corrected chi connectivity index (χ4v) is 2.53. The van der Waals surface area contributed by atoms with Gasteiger partial charge in [0.15, 0.2) is 0 Å². The van der Waals surface area contributed by atoms with Gasteiger partial charge in [0.1, 0.15) is 13.6 Å². The molecule has 0 atom stereocenters. The number of rotatable bonds is 5. The van der Waals surface area contributed by atoms with Crippen molar-refractivity contribution in [2.75, 3.05) is 7.11 Å². The third-order valence-electron chi connectivity index (χ3n) is 3.46. The van der Waals surface area contributed by atoms with Crippen LogP contribution in [0.1, 0.15) is 36.2 Å². The summed E-state index contributed by atoms with van der Waals surface area (Å²) < 4.78 is 5.46. The second-order valence-electron chi connectivity index (χ2n) is 5.98. The van der Waals surface area contributed by atoms with Crippen LogP contribution in [-0.4, -0.2) is 19.9 Å². The Morgan fingerprint density at radius 2 is 2.00 bits per heavy atom. The maximum atomic E-state index is 5.91. The fourth-order valence-electron chi connectivity index (χ4n) is 2.53. The number of aromatic nitrogens is 1. The zero-order valence-corrected chi connectivity index (χ0v) is 13.8. The first kappa shape index (κ1) is 16.3. The number of pyridine rings is 1. The predicted molar refractivity (Wildman–Crippen MR) is 94.8 cm³/mol. The number of aryl methyl sites for hydroxylation is 1. The third-order valence-corrected chi connectivity index (χ3v) is 3.46. The lowest BCUT2D eigenvalue weighted by Gasteiger charge is -2.10. The molecule has 1 heterocycles. The van der Waals surface area contributed by atoms with E-state index in [9.17, 15) is 0 Å². The summed E-state index contributed by atoms with van der Waals surface area (Å²) in [5.74, 6) is 1.49. The number of hydrogen-bond donors (Lipinski definition) is 0. The summed E-state index contributed by atoms with van der Waals surface area (Å²) in [7, 11) is 7.59. The van der Waals surface area contributed by atoms with Gasteiger partial charge in [0.05, 0.1) is 12.8 Å². The van der Waals surface area contributed by atoms with Gasteiger partial charge in [-0.15, -0.1) is 0 Å². The van der Waals surface area contributed by atoms with Crippen molar-refractivity contribution in [3.05, 3.63) is 52.8 Å². The van der Waals surface area contributed by atoms with Crippen molar-refractivity contribution in [3.8, 4) is 5.75 Å². The summed E-state index contributed by atoms with van der Waals surface area (Å²) in [5, 5.41) is 0. The Balaban J connectivity index is 2.21. The summed E-state index contributed by atoms with van der Waals surface area (Å²) in [6.45, 7) is 6.41. The van der Waals surface area contributed by atoms with Gasteiger partial charge in [-0.3, -0.25) is 4.98 Å². The minimum atomic E-state index is 0.641. The van der Waals surface area contributed by atoms with Crippen LogP contribution in [-0.2, 0) is 6.42 Å². The van der Waals surface area contributed by atoms with E-state index in [1.807, 2.05) is 43.5 Å². The van der Waals surface area contributed by atoms with Crippen molar-refractivity contribution >= 4 is 25.5 Å². The average Bonchev–Trinajstić information content (AvgIpc) is 2.45. The molecular formula is C19H22BNO. The Bertz CT molecular complexity index is 660. The predicted octanol–water partition coefficient (Wildman–Crippen LogP) is 3.56. The fraction of sp³-hybridized carbons (Fsp3) is 0.316. The van der Waals surface area contributed by atoms with Gasteiger partial charge in [0.2, 0.25) is 0 Å². The summed E-state index contributed by atoms with van der Waals surface area (Å²) in [6.07, 6.45) is 6.98. The van der Waals surface area contributed by atoms with Gasteiger partial charge in [-0.05, 0) is 48.6 Å². The van der Waals surface area contributed by atoms with Crippen molar-refractivity contribution in [3.63, 3.8) is 0 Å². The Labute approximate surface area is 134 Å². The van der Waals surface area contributed by atoms with E-state index in [0.29, 0.717) is 5.92 Å². The molecule has 3 heteroatoms. The molecule has 1 aromatic heterocycles. The van der Waals surface area contributed by atoms with Crippen LogP contribution in [0.25, 0.3) is 12.2 Å². The molecule has 0 spiro atoms. The molecule has 0 saturated carbocycles. The van der Waals surface area contributed by atoms with E-state index in [1.165, 1.54) is 5.56 Å². The van der Waals surface area contributed by atoms with Crippen LogP contribution >= 0.6 is 0 Å². The van der Waals surface area contributed by atoms with Gasteiger partial charge in [-0.25, -0.2) is 0 Å². The Morgan fingerprint density at radius 3 is 2.59 bits per heavy atom. The maximum Gasteiger partial charge on any atom is 0.128 e. The molecule has 0 aliphatic rings. The molecule has 2 radical (unpaired) electrons. The Morgan fingerprint density at radius 1 is 1.23 bits per heavy atom. The summed E-state index contributed by atoms with van der Waals surface area (Å²) in [6, 6.07) is 8.00. The van der Waals surface area contributed by atoms with Crippen molar-refractivity contribution in [1.29, 1.82) is 0 Å². The van der Waals surface area contributed by atoms with E-state index in [1.54, 1.807) is 7.11 Å². The summed E-state index contributed by atoms with van der Waals surface area (Å²) in [4.78, 5) is 4.49. The molecule has 112 valence electrons. The molecule has 2 nitrogen and oxygen atoms in total. The lowest BCUT2D eigenvalue weighted by Crippen LogP contribution is -2.05. The minimum absolute atomic E-state index is 0.641. The largest absolute Gasteiger partial charge is 0.496 e. The first-order valence-corrected chi connectivity index (χ1v) is 7.56. The number of nitrogens with zero attached hydrogens (tertiary/aromatic N) is 1. The van der Waals surface area contributed by atoms with Gasteiger partial charge in [-0.1, -0.05) is 37.5 Å². The molecule has 0 N–H and O–H groups in total. The second-order valence-corrected chi connectivity index (χ2v) is 5.98. The van der Waals surface area contributed by atoms with Crippen molar-refractivity contribution in [2.24, 2.45) is 5.92 Å². The highest BCUT2D eigenvalue weighted by atomic mass is 16.5. The van der Waals surface area contributed by atoms with Crippen LogP contribution in [0.4, 0.5) is 0 Å². The first-order chi connectivity index (χ1) is 10.5. The van der Waals surface area contributed by atoms with Crippen molar-refractivity contribution < 1.29 is 4.74 Å². The minimum Gasteiger partial charge on any atom is -0.496 e. The van der Waals surface area contributed by atoms with Gasteiger partial charge in [-0.2, -0.15) is 0 Å². The molecule has 2 rings (SSSR count). The number of hydrogen-bond acceptors (Lipinski definition) is 2. The SMILES string of the molecule is [B]c1cc(C)c(OC)c(C=Cc2ccc(CC(C)C)cn2)c1. The van der Waals surface area contributed by atoms with Crippen LogP contribution < -0.4 is 10.2 Å². The first-order valence-electron chi connectivity index (χ1n) is 7.56. The Kier molecular flexibility index (Phi) is 5.43. The quantitative estimate of drug-likeness (QED) is 0.786. The van der Waals surface area contributed by atoms with Crippen molar-refractivity contribution in [2.45, 2.75) is 27.2 Å².